The van der Waals surface area contributed by atoms with Crippen LogP contribution in [0, 0.1) is 0 Å². The average molecular weight is 264 g/mol. The third-order valence-electron chi connectivity index (χ3n) is 3.51. The van der Waals surface area contributed by atoms with Crippen molar-refractivity contribution in [1.82, 2.24) is 20.2 Å². The molecule has 1 heterocycles. The number of nitrogens with zero attached hydrogens (tertiary/aromatic N) is 2. The Bertz CT molecular complexity index is 407. The zero-order valence-corrected chi connectivity index (χ0v) is 11.9. The molecule has 1 saturated carbocycles. The maximum Gasteiger partial charge on any atom is 0.240 e. The van der Waals surface area contributed by atoms with E-state index in [-0.39, 0.29) is 11.9 Å². The van der Waals surface area contributed by atoms with Crippen LogP contribution in [-0.2, 0) is 17.9 Å². The summed E-state index contributed by atoms with van der Waals surface area (Å²) in [6.07, 6.45) is 8.18. The van der Waals surface area contributed by atoms with E-state index in [0.717, 1.165) is 25.1 Å². The number of rotatable bonds is 8. The Morgan fingerprint density at radius 1 is 1.47 bits per heavy atom. The normalized spacial score (nSPS) is 14.9. The van der Waals surface area contributed by atoms with Crippen LogP contribution < -0.4 is 10.6 Å². The molecule has 19 heavy (non-hydrogen) atoms. The second-order valence-corrected chi connectivity index (χ2v) is 5.27. The number of hydrogen-bond acceptors (Lipinski definition) is 3. The summed E-state index contributed by atoms with van der Waals surface area (Å²) in [5.41, 5.74) is 1.00. The summed E-state index contributed by atoms with van der Waals surface area (Å²) in [5.74, 6) is 0.0628. The minimum Gasteiger partial charge on any atom is -0.352 e. The van der Waals surface area contributed by atoms with Gasteiger partial charge in [-0.2, -0.15) is 0 Å². The van der Waals surface area contributed by atoms with Gasteiger partial charge in [0.25, 0.3) is 0 Å². The highest BCUT2D eigenvalue weighted by molar-refractivity contribution is 5.76. The standard InChI is InChI=1S/C14H24N4O/c1-3-11(4-2)17-14(19)9-18-8-13(16-10-18)7-15-12-5-6-12/h8,10-12,15H,3-7,9H2,1-2H3,(H,17,19). The molecule has 0 bridgehead atoms. The van der Waals surface area contributed by atoms with E-state index in [4.69, 9.17) is 0 Å². The Balaban J connectivity index is 1.76. The van der Waals surface area contributed by atoms with Crippen molar-refractivity contribution in [2.75, 3.05) is 0 Å². The first-order valence-electron chi connectivity index (χ1n) is 7.24. The summed E-state index contributed by atoms with van der Waals surface area (Å²) in [4.78, 5) is 16.2. The van der Waals surface area contributed by atoms with E-state index in [0.29, 0.717) is 12.6 Å². The Kier molecular flexibility index (Phi) is 4.96. The maximum atomic E-state index is 11.9. The van der Waals surface area contributed by atoms with Gasteiger partial charge in [-0.3, -0.25) is 4.79 Å². The van der Waals surface area contributed by atoms with E-state index in [9.17, 15) is 4.79 Å². The van der Waals surface area contributed by atoms with Gasteiger partial charge in [-0.05, 0) is 25.7 Å². The van der Waals surface area contributed by atoms with Crippen LogP contribution in [0.25, 0.3) is 0 Å². The van der Waals surface area contributed by atoms with Gasteiger partial charge in [0.15, 0.2) is 0 Å². The predicted molar refractivity (Wildman–Crippen MR) is 74.6 cm³/mol. The first-order chi connectivity index (χ1) is 9.21. The zero-order chi connectivity index (χ0) is 13.7. The minimum absolute atomic E-state index is 0.0628. The molecule has 1 aromatic rings. The quantitative estimate of drug-likeness (QED) is 0.747. The summed E-state index contributed by atoms with van der Waals surface area (Å²) in [6.45, 7) is 5.33. The van der Waals surface area contributed by atoms with Gasteiger partial charge in [-0.25, -0.2) is 4.98 Å². The molecule has 1 fully saturated rings. The molecule has 5 nitrogen and oxygen atoms in total. The molecule has 0 saturated heterocycles. The van der Waals surface area contributed by atoms with Crippen molar-refractivity contribution in [3.63, 3.8) is 0 Å². The van der Waals surface area contributed by atoms with Crippen molar-refractivity contribution < 1.29 is 4.79 Å². The fourth-order valence-corrected chi connectivity index (χ4v) is 2.05. The van der Waals surface area contributed by atoms with Gasteiger partial charge in [0.2, 0.25) is 5.91 Å². The van der Waals surface area contributed by atoms with Gasteiger partial charge in [0, 0.05) is 24.8 Å². The number of nitrogens with one attached hydrogen (secondary N) is 2. The summed E-state index contributed by atoms with van der Waals surface area (Å²) in [7, 11) is 0. The Morgan fingerprint density at radius 2 is 2.21 bits per heavy atom. The molecule has 1 amide bonds. The van der Waals surface area contributed by atoms with E-state index < -0.39 is 0 Å². The molecule has 2 N–H and O–H groups in total. The number of aromatic nitrogens is 2. The lowest BCUT2D eigenvalue weighted by Crippen LogP contribution is -2.36. The smallest absolute Gasteiger partial charge is 0.240 e. The van der Waals surface area contributed by atoms with Gasteiger partial charge in [-0.1, -0.05) is 13.8 Å². The monoisotopic (exact) mass is 264 g/mol. The van der Waals surface area contributed by atoms with E-state index in [1.165, 1.54) is 12.8 Å². The molecule has 0 atom stereocenters. The molecular formula is C14H24N4O. The van der Waals surface area contributed by atoms with E-state index >= 15 is 0 Å². The maximum absolute atomic E-state index is 11.9. The zero-order valence-electron chi connectivity index (χ0n) is 11.9. The highest BCUT2D eigenvalue weighted by atomic mass is 16.2. The highest BCUT2D eigenvalue weighted by Gasteiger charge is 2.20. The molecule has 1 aliphatic rings. The van der Waals surface area contributed by atoms with Gasteiger partial charge in [-0.15, -0.1) is 0 Å². The van der Waals surface area contributed by atoms with Crippen LogP contribution in [0.1, 0.15) is 45.2 Å². The Morgan fingerprint density at radius 3 is 2.84 bits per heavy atom. The second-order valence-electron chi connectivity index (χ2n) is 5.27. The van der Waals surface area contributed by atoms with E-state index in [2.05, 4.69) is 29.5 Å². The number of hydrogen-bond donors (Lipinski definition) is 2. The van der Waals surface area contributed by atoms with Crippen LogP contribution >= 0.6 is 0 Å². The van der Waals surface area contributed by atoms with Crippen LogP contribution in [0.4, 0.5) is 0 Å². The van der Waals surface area contributed by atoms with Crippen molar-refractivity contribution in [3.8, 4) is 0 Å². The lowest BCUT2D eigenvalue weighted by atomic mass is 10.2. The minimum atomic E-state index is 0.0628. The number of imidazole rings is 1. The third-order valence-corrected chi connectivity index (χ3v) is 3.51. The molecule has 0 aromatic carbocycles. The second kappa shape index (κ2) is 6.70. The van der Waals surface area contributed by atoms with E-state index in [1.807, 2.05) is 10.8 Å². The first-order valence-corrected chi connectivity index (χ1v) is 7.24. The van der Waals surface area contributed by atoms with E-state index in [1.54, 1.807) is 6.33 Å². The topological polar surface area (TPSA) is 59.0 Å². The van der Waals surface area contributed by atoms with Crippen LogP contribution in [0.3, 0.4) is 0 Å². The molecular weight excluding hydrogens is 240 g/mol. The fraction of sp³-hybridized carbons (Fsp3) is 0.714. The molecule has 0 aliphatic heterocycles. The lowest BCUT2D eigenvalue weighted by Gasteiger charge is -2.14. The third kappa shape index (κ3) is 4.67. The summed E-state index contributed by atoms with van der Waals surface area (Å²) in [5, 5.41) is 6.44. The van der Waals surface area contributed by atoms with Gasteiger partial charge >= 0.3 is 0 Å². The first kappa shape index (κ1) is 14.1. The summed E-state index contributed by atoms with van der Waals surface area (Å²) >= 11 is 0. The summed E-state index contributed by atoms with van der Waals surface area (Å²) in [6, 6.07) is 0.968. The van der Waals surface area contributed by atoms with Crippen molar-refractivity contribution in [2.45, 2.75) is 64.7 Å². The molecule has 0 spiro atoms. The van der Waals surface area contributed by atoms with Crippen molar-refractivity contribution >= 4 is 5.91 Å². The Hall–Kier alpha value is -1.36. The number of carbonyl (C=O) groups excluding carboxylic acids is 1. The van der Waals surface area contributed by atoms with Crippen LogP contribution in [-0.4, -0.2) is 27.5 Å². The summed E-state index contributed by atoms with van der Waals surface area (Å²) < 4.78 is 1.85. The number of carbonyl (C=O) groups is 1. The van der Waals surface area contributed by atoms with Crippen LogP contribution in [0.15, 0.2) is 12.5 Å². The average Bonchev–Trinajstić information content (AvgIpc) is 3.14. The predicted octanol–water partition coefficient (Wildman–Crippen LogP) is 1.44. The SMILES string of the molecule is CCC(CC)NC(=O)Cn1cnc(CNC2CC2)c1. The van der Waals surface area contributed by atoms with Crippen LogP contribution in [0.2, 0.25) is 0 Å². The van der Waals surface area contributed by atoms with Gasteiger partial charge < -0.3 is 15.2 Å². The van der Waals surface area contributed by atoms with Crippen molar-refractivity contribution in [2.24, 2.45) is 0 Å². The fourth-order valence-electron chi connectivity index (χ4n) is 2.05. The van der Waals surface area contributed by atoms with Gasteiger partial charge in [0.1, 0.15) is 6.54 Å². The van der Waals surface area contributed by atoms with Crippen molar-refractivity contribution in [1.29, 1.82) is 0 Å². The molecule has 106 valence electrons. The lowest BCUT2D eigenvalue weighted by molar-refractivity contribution is -0.122. The largest absolute Gasteiger partial charge is 0.352 e. The van der Waals surface area contributed by atoms with Crippen LogP contribution in [0.5, 0.6) is 0 Å². The highest BCUT2D eigenvalue weighted by Crippen LogP contribution is 2.18. The molecule has 1 aromatic heterocycles. The molecule has 5 heteroatoms. The molecule has 1 aliphatic carbocycles. The van der Waals surface area contributed by atoms with Crippen molar-refractivity contribution in [3.05, 3.63) is 18.2 Å². The van der Waals surface area contributed by atoms with Gasteiger partial charge in [0.05, 0.1) is 12.0 Å². The molecule has 2 rings (SSSR count). The Labute approximate surface area is 114 Å². The molecule has 0 radical (unpaired) electrons. The molecule has 0 unspecified atom stereocenters. The number of amides is 1.